The van der Waals surface area contributed by atoms with Crippen LogP contribution >= 0.6 is 22.6 Å². The monoisotopic (exact) mass is 299 g/mol. The van der Waals surface area contributed by atoms with E-state index in [0.29, 0.717) is 6.29 Å². The zero-order valence-electron chi connectivity index (χ0n) is 6.17. The van der Waals surface area contributed by atoms with E-state index in [1.165, 1.54) is 0 Å². The first-order valence-electron chi connectivity index (χ1n) is 3.18. The molecule has 0 spiro atoms. The summed E-state index contributed by atoms with van der Waals surface area (Å²) in [5.41, 5.74) is -0.633. The SMILES string of the molecule is O=Cc1ncc(O)c(C(F)F)c1I. The number of alkyl halides is 2. The van der Waals surface area contributed by atoms with E-state index in [1.54, 1.807) is 22.6 Å². The molecule has 0 saturated heterocycles. The van der Waals surface area contributed by atoms with Gasteiger partial charge in [-0.05, 0) is 22.6 Å². The topological polar surface area (TPSA) is 50.2 Å². The summed E-state index contributed by atoms with van der Waals surface area (Å²) in [6.45, 7) is 0. The van der Waals surface area contributed by atoms with Crippen molar-refractivity contribution in [2.45, 2.75) is 6.43 Å². The highest BCUT2D eigenvalue weighted by atomic mass is 127. The molecule has 13 heavy (non-hydrogen) atoms. The smallest absolute Gasteiger partial charge is 0.268 e. The van der Waals surface area contributed by atoms with E-state index in [4.69, 9.17) is 5.11 Å². The van der Waals surface area contributed by atoms with Crippen LogP contribution in [0.5, 0.6) is 5.75 Å². The molecule has 0 fully saturated rings. The summed E-state index contributed by atoms with van der Waals surface area (Å²) in [5, 5.41) is 9.02. The molecule has 1 rings (SSSR count). The van der Waals surface area contributed by atoms with Crippen LogP contribution in [0.1, 0.15) is 22.5 Å². The van der Waals surface area contributed by atoms with Crippen molar-refractivity contribution in [2.24, 2.45) is 0 Å². The van der Waals surface area contributed by atoms with Gasteiger partial charge in [-0.25, -0.2) is 13.8 Å². The number of pyridine rings is 1. The Kier molecular flexibility index (Phi) is 3.12. The van der Waals surface area contributed by atoms with Gasteiger partial charge in [-0.2, -0.15) is 0 Å². The zero-order chi connectivity index (χ0) is 10.0. The van der Waals surface area contributed by atoms with Crippen LogP contribution in [0.3, 0.4) is 0 Å². The fourth-order valence-electron chi connectivity index (χ4n) is 0.797. The Morgan fingerprint density at radius 3 is 2.69 bits per heavy atom. The molecule has 0 bridgehead atoms. The summed E-state index contributed by atoms with van der Waals surface area (Å²) in [7, 11) is 0. The lowest BCUT2D eigenvalue weighted by atomic mass is 10.2. The van der Waals surface area contributed by atoms with Crippen LogP contribution < -0.4 is 0 Å². The highest BCUT2D eigenvalue weighted by molar-refractivity contribution is 14.1. The number of hydrogen-bond acceptors (Lipinski definition) is 3. The van der Waals surface area contributed by atoms with Gasteiger partial charge in [0.1, 0.15) is 11.4 Å². The molecule has 6 heteroatoms. The van der Waals surface area contributed by atoms with Crippen molar-refractivity contribution >= 4 is 28.9 Å². The highest BCUT2D eigenvalue weighted by Gasteiger charge is 2.19. The average Bonchev–Trinajstić information content (AvgIpc) is 2.04. The van der Waals surface area contributed by atoms with Gasteiger partial charge in [0.2, 0.25) is 0 Å². The molecule has 0 amide bonds. The molecule has 0 radical (unpaired) electrons. The summed E-state index contributed by atoms with van der Waals surface area (Å²) in [6, 6.07) is 0. The lowest BCUT2D eigenvalue weighted by Crippen LogP contribution is -1.98. The fraction of sp³-hybridized carbons (Fsp3) is 0.143. The van der Waals surface area contributed by atoms with Gasteiger partial charge in [-0.15, -0.1) is 0 Å². The largest absolute Gasteiger partial charge is 0.506 e. The normalized spacial score (nSPS) is 10.5. The maximum Gasteiger partial charge on any atom is 0.268 e. The predicted octanol–water partition coefficient (Wildman–Crippen LogP) is 2.14. The Hall–Kier alpha value is -0.790. The van der Waals surface area contributed by atoms with E-state index in [2.05, 4.69) is 4.98 Å². The van der Waals surface area contributed by atoms with Gasteiger partial charge in [0.05, 0.1) is 15.3 Å². The molecule has 1 heterocycles. The van der Waals surface area contributed by atoms with E-state index < -0.39 is 17.7 Å². The maximum atomic E-state index is 12.3. The van der Waals surface area contributed by atoms with Crippen LogP contribution in [0.2, 0.25) is 0 Å². The summed E-state index contributed by atoms with van der Waals surface area (Å²) in [6.07, 6.45) is -1.60. The number of rotatable bonds is 2. The van der Waals surface area contributed by atoms with Crippen LogP contribution in [-0.4, -0.2) is 16.4 Å². The molecule has 0 aliphatic carbocycles. The first-order valence-corrected chi connectivity index (χ1v) is 4.26. The summed E-state index contributed by atoms with van der Waals surface area (Å²) in [5.74, 6) is -0.593. The Morgan fingerprint density at radius 2 is 2.23 bits per heavy atom. The molecule has 0 aliphatic rings. The quantitative estimate of drug-likeness (QED) is 0.672. The van der Waals surface area contributed by atoms with E-state index >= 15 is 0 Å². The summed E-state index contributed by atoms with van der Waals surface area (Å²) < 4.78 is 24.6. The second-order valence-electron chi connectivity index (χ2n) is 2.17. The van der Waals surface area contributed by atoms with Gasteiger partial charge in [0.25, 0.3) is 6.43 Å². The number of aldehydes is 1. The van der Waals surface area contributed by atoms with E-state index in [9.17, 15) is 13.6 Å². The summed E-state index contributed by atoms with van der Waals surface area (Å²) in [4.78, 5) is 13.8. The Morgan fingerprint density at radius 1 is 1.62 bits per heavy atom. The molecule has 0 aliphatic heterocycles. The number of aromatic hydroxyl groups is 1. The van der Waals surface area contributed by atoms with Crippen molar-refractivity contribution in [3.63, 3.8) is 0 Å². The number of nitrogens with zero attached hydrogens (tertiary/aromatic N) is 1. The third-order valence-corrected chi connectivity index (χ3v) is 2.53. The van der Waals surface area contributed by atoms with Gasteiger partial charge in [-0.3, -0.25) is 4.79 Å². The van der Waals surface area contributed by atoms with Gasteiger partial charge >= 0.3 is 0 Å². The summed E-state index contributed by atoms with van der Waals surface area (Å²) >= 11 is 1.55. The number of carbonyl (C=O) groups excluding carboxylic acids is 1. The van der Waals surface area contributed by atoms with E-state index in [0.717, 1.165) is 6.20 Å². The second-order valence-corrected chi connectivity index (χ2v) is 3.25. The second kappa shape index (κ2) is 3.95. The molecule has 1 aromatic rings. The Bertz CT molecular complexity index is 344. The minimum absolute atomic E-state index is 0.0115. The molecular formula is C7H4F2INO2. The van der Waals surface area contributed by atoms with Crippen LogP contribution in [-0.2, 0) is 0 Å². The molecule has 0 aromatic carbocycles. The van der Waals surface area contributed by atoms with E-state index in [1.807, 2.05) is 0 Å². The van der Waals surface area contributed by atoms with Crippen molar-refractivity contribution in [1.29, 1.82) is 0 Å². The van der Waals surface area contributed by atoms with Crippen molar-refractivity contribution in [2.75, 3.05) is 0 Å². The first kappa shape index (κ1) is 10.3. The molecule has 70 valence electrons. The maximum absolute atomic E-state index is 12.3. The van der Waals surface area contributed by atoms with Gasteiger partial charge in [0, 0.05) is 0 Å². The van der Waals surface area contributed by atoms with Crippen molar-refractivity contribution < 1.29 is 18.7 Å². The number of halogens is 3. The third kappa shape index (κ3) is 1.93. The van der Waals surface area contributed by atoms with Crippen LogP contribution in [0.15, 0.2) is 6.20 Å². The van der Waals surface area contributed by atoms with E-state index in [-0.39, 0.29) is 9.26 Å². The van der Waals surface area contributed by atoms with Crippen molar-refractivity contribution in [3.05, 3.63) is 21.0 Å². The molecule has 0 atom stereocenters. The minimum Gasteiger partial charge on any atom is -0.506 e. The number of hydrogen-bond donors (Lipinski definition) is 1. The fourth-order valence-corrected chi connectivity index (χ4v) is 1.58. The minimum atomic E-state index is -2.81. The van der Waals surface area contributed by atoms with Crippen molar-refractivity contribution in [3.8, 4) is 5.75 Å². The Balaban J connectivity index is 3.38. The lowest BCUT2D eigenvalue weighted by Gasteiger charge is -2.06. The lowest BCUT2D eigenvalue weighted by molar-refractivity contribution is 0.111. The number of aromatic nitrogens is 1. The molecule has 0 saturated carbocycles. The van der Waals surface area contributed by atoms with Gasteiger partial charge in [-0.1, -0.05) is 0 Å². The standard InChI is InChI=1S/C7H4F2INO2/c8-7(9)5-4(13)1-11-3(2-12)6(5)10/h1-2,7,13H. The van der Waals surface area contributed by atoms with Crippen LogP contribution in [0.4, 0.5) is 8.78 Å². The van der Waals surface area contributed by atoms with Crippen LogP contribution in [0, 0.1) is 3.57 Å². The first-order chi connectivity index (χ1) is 6.07. The van der Waals surface area contributed by atoms with Gasteiger partial charge in [0.15, 0.2) is 6.29 Å². The molecular weight excluding hydrogens is 295 g/mol. The van der Waals surface area contributed by atoms with Crippen LogP contribution in [0.25, 0.3) is 0 Å². The highest BCUT2D eigenvalue weighted by Crippen LogP contribution is 2.32. The van der Waals surface area contributed by atoms with Crippen molar-refractivity contribution in [1.82, 2.24) is 4.98 Å². The van der Waals surface area contributed by atoms with Gasteiger partial charge < -0.3 is 5.11 Å². The average molecular weight is 299 g/mol. The predicted molar refractivity (Wildman–Crippen MR) is 49.0 cm³/mol. The zero-order valence-corrected chi connectivity index (χ0v) is 8.33. The Labute approximate surface area is 85.9 Å². The number of carbonyl (C=O) groups is 1. The third-order valence-electron chi connectivity index (χ3n) is 1.39. The molecule has 3 nitrogen and oxygen atoms in total. The molecule has 1 aromatic heterocycles. The molecule has 1 N–H and O–H groups in total. The molecule has 0 unspecified atom stereocenters.